The average molecular weight is 805 g/mol. The summed E-state index contributed by atoms with van der Waals surface area (Å²) in [7, 11) is 0. The molecule has 0 aromatic carbocycles. The molecule has 0 radical (unpaired) electrons. The van der Waals surface area contributed by atoms with Gasteiger partial charge >= 0.3 is 17.9 Å². The maximum Gasteiger partial charge on any atom is 0.306 e. The van der Waals surface area contributed by atoms with Gasteiger partial charge in [0, 0.05) is 19.3 Å². The van der Waals surface area contributed by atoms with Crippen molar-refractivity contribution in [2.45, 2.75) is 284 Å². The van der Waals surface area contributed by atoms with Gasteiger partial charge in [0.1, 0.15) is 13.2 Å². The highest BCUT2D eigenvalue weighted by atomic mass is 16.6. The molecule has 6 heteroatoms. The maximum atomic E-state index is 12.7. The van der Waals surface area contributed by atoms with E-state index in [1.165, 1.54) is 173 Å². The molecule has 0 aromatic rings. The molecule has 0 aliphatic rings. The highest BCUT2D eigenvalue weighted by Gasteiger charge is 2.19. The number of allylic oxidation sites excluding steroid dienone is 2. The van der Waals surface area contributed by atoms with Crippen LogP contribution in [0, 0.1) is 0 Å². The van der Waals surface area contributed by atoms with Gasteiger partial charge in [-0.05, 0) is 38.5 Å². The molecular formula is C51H96O6. The van der Waals surface area contributed by atoms with Crippen molar-refractivity contribution in [1.29, 1.82) is 0 Å². The van der Waals surface area contributed by atoms with E-state index in [0.717, 1.165) is 64.2 Å². The van der Waals surface area contributed by atoms with Gasteiger partial charge in [-0.2, -0.15) is 0 Å². The van der Waals surface area contributed by atoms with Crippen LogP contribution in [0.2, 0.25) is 0 Å². The number of hydrogen-bond acceptors (Lipinski definition) is 6. The lowest BCUT2D eigenvalue weighted by molar-refractivity contribution is -0.167. The minimum Gasteiger partial charge on any atom is -0.462 e. The number of carbonyl (C=O) groups is 3. The molecule has 1 atom stereocenters. The summed E-state index contributed by atoms with van der Waals surface area (Å²) < 4.78 is 16.8. The second kappa shape index (κ2) is 46.8. The topological polar surface area (TPSA) is 78.9 Å². The van der Waals surface area contributed by atoms with Gasteiger partial charge < -0.3 is 14.2 Å². The number of rotatable bonds is 46. The van der Waals surface area contributed by atoms with E-state index in [2.05, 4.69) is 32.9 Å². The first-order chi connectivity index (χ1) is 28.0. The predicted molar refractivity (Wildman–Crippen MR) is 243 cm³/mol. The van der Waals surface area contributed by atoms with Crippen LogP contribution in [0.3, 0.4) is 0 Å². The van der Waals surface area contributed by atoms with Crippen LogP contribution in [0.25, 0.3) is 0 Å². The lowest BCUT2D eigenvalue weighted by Gasteiger charge is -2.18. The molecule has 0 bridgehead atoms. The summed E-state index contributed by atoms with van der Waals surface area (Å²) in [6.07, 6.45) is 50.5. The molecule has 0 N–H and O–H groups in total. The van der Waals surface area contributed by atoms with Gasteiger partial charge in [0.25, 0.3) is 0 Å². The van der Waals surface area contributed by atoms with Gasteiger partial charge in [0.05, 0.1) is 0 Å². The van der Waals surface area contributed by atoms with E-state index < -0.39 is 6.10 Å². The second-order valence-electron chi connectivity index (χ2n) is 17.1. The molecule has 6 nitrogen and oxygen atoms in total. The van der Waals surface area contributed by atoms with Gasteiger partial charge in [-0.3, -0.25) is 14.4 Å². The summed E-state index contributed by atoms with van der Waals surface area (Å²) in [4.78, 5) is 37.8. The van der Waals surface area contributed by atoms with E-state index in [-0.39, 0.29) is 31.1 Å². The highest BCUT2D eigenvalue weighted by Crippen LogP contribution is 2.16. The molecule has 0 unspecified atom stereocenters. The molecular weight excluding hydrogens is 709 g/mol. The smallest absolute Gasteiger partial charge is 0.306 e. The summed E-state index contributed by atoms with van der Waals surface area (Å²) in [6.45, 7) is 6.61. The van der Waals surface area contributed by atoms with E-state index in [1.807, 2.05) is 0 Å². The Balaban J connectivity index is 4.27. The third kappa shape index (κ3) is 45.1. The zero-order valence-corrected chi connectivity index (χ0v) is 38.4. The van der Waals surface area contributed by atoms with Crippen molar-refractivity contribution in [2.75, 3.05) is 13.2 Å². The normalized spacial score (nSPS) is 12.0. The van der Waals surface area contributed by atoms with Crippen LogP contribution >= 0.6 is 0 Å². The Morgan fingerprint density at radius 3 is 0.930 bits per heavy atom. The van der Waals surface area contributed by atoms with Crippen molar-refractivity contribution in [3.8, 4) is 0 Å². The van der Waals surface area contributed by atoms with Crippen LogP contribution in [0.5, 0.6) is 0 Å². The fourth-order valence-electron chi connectivity index (χ4n) is 7.42. The molecule has 0 aliphatic heterocycles. The third-order valence-electron chi connectivity index (χ3n) is 11.3. The molecule has 57 heavy (non-hydrogen) atoms. The van der Waals surface area contributed by atoms with Gasteiger partial charge in [-0.1, -0.05) is 232 Å². The Morgan fingerprint density at radius 2 is 0.596 bits per heavy atom. The zero-order valence-electron chi connectivity index (χ0n) is 38.4. The largest absolute Gasteiger partial charge is 0.462 e. The fraction of sp³-hybridized carbons (Fsp3) is 0.902. The Morgan fingerprint density at radius 1 is 0.333 bits per heavy atom. The van der Waals surface area contributed by atoms with Gasteiger partial charge in [0.2, 0.25) is 0 Å². The standard InChI is InChI=1S/C51H96O6/c1-4-7-10-13-16-19-22-23-24-25-26-27-30-32-35-38-41-44-50(53)56-47-48(57-51(54)45-42-39-36-33-29-21-18-15-12-9-6-3)46-55-49(52)43-40-37-34-31-28-20-17-14-11-8-5-2/h14,17,48H,4-13,15-16,18-47H2,1-3H3/b17-14-/t48-/m1/s1. The SMILES string of the molecule is CCCC/C=C\CCCCCCCC(=O)OC[C@H](COC(=O)CCCCCCCCCCCCCCCCCCC)OC(=O)CCCCCCCCCCCCC. The van der Waals surface area contributed by atoms with Gasteiger partial charge in [-0.15, -0.1) is 0 Å². The molecule has 0 spiro atoms. The molecule has 336 valence electrons. The fourth-order valence-corrected chi connectivity index (χ4v) is 7.42. The first-order valence-corrected chi connectivity index (χ1v) is 25.2. The summed E-state index contributed by atoms with van der Waals surface area (Å²) in [6, 6.07) is 0. The third-order valence-corrected chi connectivity index (χ3v) is 11.3. The lowest BCUT2D eigenvalue weighted by Crippen LogP contribution is -2.30. The quantitative estimate of drug-likeness (QED) is 0.0264. The van der Waals surface area contributed by atoms with Crippen LogP contribution < -0.4 is 0 Å². The van der Waals surface area contributed by atoms with Crippen LogP contribution in [-0.4, -0.2) is 37.2 Å². The van der Waals surface area contributed by atoms with E-state index in [9.17, 15) is 14.4 Å². The van der Waals surface area contributed by atoms with Crippen LogP contribution in [0.1, 0.15) is 278 Å². The molecule has 0 saturated heterocycles. The monoisotopic (exact) mass is 805 g/mol. The number of hydrogen-bond donors (Lipinski definition) is 0. The van der Waals surface area contributed by atoms with Crippen molar-refractivity contribution in [2.24, 2.45) is 0 Å². The average Bonchev–Trinajstić information content (AvgIpc) is 3.21. The van der Waals surface area contributed by atoms with Crippen molar-refractivity contribution in [1.82, 2.24) is 0 Å². The molecule has 0 rings (SSSR count). The van der Waals surface area contributed by atoms with Crippen molar-refractivity contribution in [3.63, 3.8) is 0 Å². The zero-order chi connectivity index (χ0) is 41.5. The number of carbonyl (C=O) groups excluding carboxylic acids is 3. The minimum absolute atomic E-state index is 0.0675. The minimum atomic E-state index is -0.765. The lowest BCUT2D eigenvalue weighted by atomic mass is 10.0. The summed E-state index contributed by atoms with van der Waals surface area (Å²) >= 11 is 0. The second-order valence-corrected chi connectivity index (χ2v) is 17.1. The van der Waals surface area contributed by atoms with Crippen LogP contribution in [-0.2, 0) is 28.6 Å². The van der Waals surface area contributed by atoms with Gasteiger partial charge in [0.15, 0.2) is 6.10 Å². The van der Waals surface area contributed by atoms with Crippen molar-refractivity contribution >= 4 is 17.9 Å². The molecule has 0 saturated carbocycles. The number of esters is 3. The molecule has 0 aliphatic carbocycles. The van der Waals surface area contributed by atoms with Crippen LogP contribution in [0.4, 0.5) is 0 Å². The Labute approximate surface area is 354 Å². The number of unbranched alkanes of at least 4 members (excludes halogenated alkanes) is 33. The summed E-state index contributed by atoms with van der Waals surface area (Å²) in [5.74, 6) is -0.864. The van der Waals surface area contributed by atoms with Crippen molar-refractivity contribution < 1.29 is 28.6 Å². The van der Waals surface area contributed by atoms with E-state index in [4.69, 9.17) is 14.2 Å². The van der Waals surface area contributed by atoms with E-state index >= 15 is 0 Å². The Hall–Kier alpha value is -1.85. The highest BCUT2D eigenvalue weighted by molar-refractivity contribution is 5.71. The molecule has 0 amide bonds. The summed E-state index contributed by atoms with van der Waals surface area (Å²) in [5.41, 5.74) is 0. The van der Waals surface area contributed by atoms with E-state index in [1.54, 1.807) is 0 Å². The molecule has 0 aromatic heterocycles. The maximum absolute atomic E-state index is 12.7. The number of ether oxygens (including phenoxy) is 3. The first kappa shape index (κ1) is 55.2. The Bertz CT molecular complexity index is 885. The van der Waals surface area contributed by atoms with Crippen LogP contribution in [0.15, 0.2) is 12.2 Å². The van der Waals surface area contributed by atoms with E-state index in [0.29, 0.717) is 19.3 Å². The summed E-state index contributed by atoms with van der Waals surface area (Å²) in [5, 5.41) is 0. The predicted octanol–water partition coefficient (Wildman–Crippen LogP) is 16.2. The van der Waals surface area contributed by atoms with Gasteiger partial charge in [-0.25, -0.2) is 0 Å². The molecule has 0 heterocycles. The Kier molecular flexibility index (Phi) is 45.3. The molecule has 0 fully saturated rings. The van der Waals surface area contributed by atoms with Crippen molar-refractivity contribution in [3.05, 3.63) is 12.2 Å². The first-order valence-electron chi connectivity index (χ1n) is 25.2.